The lowest BCUT2D eigenvalue weighted by Gasteiger charge is -2.21. The van der Waals surface area contributed by atoms with E-state index in [9.17, 15) is 14.4 Å². The molecule has 0 spiro atoms. The van der Waals surface area contributed by atoms with Crippen LogP contribution < -0.4 is 15.5 Å². The third-order valence-electron chi connectivity index (χ3n) is 4.13. The van der Waals surface area contributed by atoms with E-state index in [4.69, 9.17) is 4.74 Å². The fourth-order valence-corrected chi connectivity index (χ4v) is 2.69. The van der Waals surface area contributed by atoms with Gasteiger partial charge >= 0.3 is 17.8 Å². The molecule has 0 aliphatic carbocycles. The molecular formula is C21H25N3O4. The van der Waals surface area contributed by atoms with E-state index in [1.54, 1.807) is 31.2 Å². The molecule has 28 heavy (non-hydrogen) atoms. The van der Waals surface area contributed by atoms with E-state index in [0.717, 1.165) is 18.8 Å². The molecule has 0 aromatic heterocycles. The minimum Gasteiger partial charge on any atom is -0.462 e. The molecule has 2 rings (SSSR count). The van der Waals surface area contributed by atoms with Crippen LogP contribution in [0.2, 0.25) is 0 Å². The first-order valence-electron chi connectivity index (χ1n) is 9.23. The van der Waals surface area contributed by atoms with Crippen LogP contribution in [0.25, 0.3) is 0 Å². The molecule has 2 aromatic carbocycles. The molecule has 0 heterocycles. The van der Waals surface area contributed by atoms with Gasteiger partial charge in [0.15, 0.2) is 0 Å². The average Bonchev–Trinajstić information content (AvgIpc) is 2.70. The molecule has 0 saturated heterocycles. The summed E-state index contributed by atoms with van der Waals surface area (Å²) in [5.41, 5.74) is 1.96. The van der Waals surface area contributed by atoms with Gasteiger partial charge in [-0.1, -0.05) is 12.1 Å². The van der Waals surface area contributed by atoms with Gasteiger partial charge in [-0.05, 0) is 57.2 Å². The predicted octanol–water partition coefficient (Wildman–Crippen LogP) is 3.29. The second kappa shape index (κ2) is 10.1. The number of esters is 1. The second-order valence-corrected chi connectivity index (χ2v) is 5.89. The summed E-state index contributed by atoms with van der Waals surface area (Å²) >= 11 is 0. The fourth-order valence-electron chi connectivity index (χ4n) is 2.69. The van der Waals surface area contributed by atoms with Gasteiger partial charge in [-0.2, -0.15) is 0 Å². The molecular weight excluding hydrogens is 358 g/mol. The summed E-state index contributed by atoms with van der Waals surface area (Å²) in [4.78, 5) is 38.6. The molecule has 7 heteroatoms. The quantitative estimate of drug-likeness (QED) is 0.566. The Kier molecular flexibility index (Phi) is 7.56. The lowest BCUT2D eigenvalue weighted by Crippen LogP contribution is -2.29. The molecule has 148 valence electrons. The van der Waals surface area contributed by atoms with Crippen molar-refractivity contribution in [2.75, 3.05) is 35.2 Å². The highest BCUT2D eigenvalue weighted by atomic mass is 16.5. The van der Waals surface area contributed by atoms with Crippen molar-refractivity contribution in [1.82, 2.24) is 0 Å². The third kappa shape index (κ3) is 5.33. The zero-order chi connectivity index (χ0) is 20.5. The molecule has 0 saturated carbocycles. The van der Waals surface area contributed by atoms with Crippen molar-refractivity contribution in [1.29, 1.82) is 0 Å². The van der Waals surface area contributed by atoms with Crippen molar-refractivity contribution < 1.29 is 19.1 Å². The summed E-state index contributed by atoms with van der Waals surface area (Å²) in [7, 11) is 0. The van der Waals surface area contributed by atoms with Crippen LogP contribution in [-0.4, -0.2) is 37.5 Å². The number of carbonyl (C=O) groups is 3. The zero-order valence-electron chi connectivity index (χ0n) is 16.3. The first-order valence-corrected chi connectivity index (χ1v) is 9.23. The van der Waals surface area contributed by atoms with E-state index in [0.29, 0.717) is 5.69 Å². The highest BCUT2D eigenvalue weighted by molar-refractivity contribution is 6.44. The fraction of sp³-hybridized carbons (Fsp3) is 0.286. The van der Waals surface area contributed by atoms with Crippen molar-refractivity contribution in [2.24, 2.45) is 0 Å². The number of hydrogen-bond donors (Lipinski definition) is 2. The van der Waals surface area contributed by atoms with Crippen LogP contribution in [0.4, 0.5) is 17.1 Å². The van der Waals surface area contributed by atoms with Crippen molar-refractivity contribution in [3.8, 4) is 0 Å². The largest absolute Gasteiger partial charge is 0.462 e. The van der Waals surface area contributed by atoms with Crippen molar-refractivity contribution in [3.05, 3.63) is 54.1 Å². The highest BCUT2D eigenvalue weighted by Gasteiger charge is 2.18. The maximum atomic E-state index is 12.2. The topological polar surface area (TPSA) is 87.7 Å². The van der Waals surface area contributed by atoms with E-state index < -0.39 is 17.8 Å². The minimum atomic E-state index is -0.871. The normalized spacial score (nSPS) is 10.1. The zero-order valence-corrected chi connectivity index (χ0v) is 16.3. The van der Waals surface area contributed by atoms with Crippen LogP contribution in [0.1, 0.15) is 31.1 Å². The van der Waals surface area contributed by atoms with Gasteiger partial charge in [0, 0.05) is 24.5 Å². The van der Waals surface area contributed by atoms with Gasteiger partial charge in [0.05, 0.1) is 17.9 Å². The monoisotopic (exact) mass is 383 g/mol. The summed E-state index contributed by atoms with van der Waals surface area (Å²) in [6.45, 7) is 7.80. The van der Waals surface area contributed by atoms with E-state index in [1.807, 2.05) is 12.1 Å². The van der Waals surface area contributed by atoms with Crippen molar-refractivity contribution in [3.63, 3.8) is 0 Å². The summed E-state index contributed by atoms with van der Waals surface area (Å²) in [5, 5.41) is 5.01. The van der Waals surface area contributed by atoms with Crippen molar-refractivity contribution >= 4 is 34.8 Å². The van der Waals surface area contributed by atoms with E-state index in [1.165, 1.54) is 12.1 Å². The minimum absolute atomic E-state index is 0.189. The Balaban J connectivity index is 2.04. The van der Waals surface area contributed by atoms with Gasteiger partial charge < -0.3 is 20.3 Å². The number of para-hydroxylation sites is 1. The lowest BCUT2D eigenvalue weighted by molar-refractivity contribution is -0.133. The number of nitrogens with one attached hydrogen (secondary N) is 2. The number of ether oxygens (including phenoxy) is 1. The molecule has 0 unspecified atom stereocenters. The number of hydrogen-bond acceptors (Lipinski definition) is 5. The molecule has 0 aliphatic heterocycles. The third-order valence-corrected chi connectivity index (χ3v) is 4.13. The first-order chi connectivity index (χ1) is 13.5. The Hall–Kier alpha value is -3.35. The highest BCUT2D eigenvalue weighted by Crippen LogP contribution is 2.19. The van der Waals surface area contributed by atoms with Gasteiger partial charge in [0.2, 0.25) is 0 Å². The Morgan fingerprint density at radius 2 is 1.46 bits per heavy atom. The van der Waals surface area contributed by atoms with E-state index in [2.05, 4.69) is 29.4 Å². The molecule has 0 atom stereocenters. The van der Waals surface area contributed by atoms with Crippen molar-refractivity contribution in [2.45, 2.75) is 20.8 Å². The number of nitrogens with zero attached hydrogens (tertiary/aromatic N) is 1. The number of rotatable bonds is 7. The molecule has 0 radical (unpaired) electrons. The SMILES string of the molecule is CCOC(=O)c1ccccc1NC(=O)C(=O)Nc1ccc(N(CC)CC)cc1. The maximum Gasteiger partial charge on any atom is 0.340 e. The molecule has 2 amide bonds. The van der Waals surface area contributed by atoms with Gasteiger partial charge in [-0.15, -0.1) is 0 Å². The average molecular weight is 383 g/mol. The summed E-state index contributed by atoms with van der Waals surface area (Å²) in [6, 6.07) is 13.6. The molecule has 0 aliphatic rings. The molecule has 0 fully saturated rings. The summed E-state index contributed by atoms with van der Waals surface area (Å²) in [6.07, 6.45) is 0. The van der Waals surface area contributed by atoms with Gasteiger partial charge in [0.25, 0.3) is 0 Å². The molecule has 2 aromatic rings. The van der Waals surface area contributed by atoms with Crippen LogP contribution in [0, 0.1) is 0 Å². The Labute approximate surface area is 164 Å². The van der Waals surface area contributed by atoms with Crippen LogP contribution in [0.5, 0.6) is 0 Å². The number of benzene rings is 2. The molecule has 2 N–H and O–H groups in total. The standard InChI is InChI=1S/C21H25N3O4/c1-4-24(5-2)16-13-11-15(12-14-16)22-19(25)20(26)23-18-10-8-7-9-17(18)21(27)28-6-3/h7-14H,4-6H2,1-3H3,(H,22,25)(H,23,26). The summed E-state index contributed by atoms with van der Waals surface area (Å²) in [5.74, 6) is -2.26. The predicted molar refractivity (Wildman–Crippen MR) is 110 cm³/mol. The lowest BCUT2D eigenvalue weighted by atomic mass is 10.2. The Morgan fingerprint density at radius 3 is 2.07 bits per heavy atom. The smallest absolute Gasteiger partial charge is 0.340 e. The first kappa shape index (κ1) is 21.0. The van der Waals surface area contributed by atoms with Crippen LogP contribution >= 0.6 is 0 Å². The van der Waals surface area contributed by atoms with Gasteiger partial charge in [0.1, 0.15) is 0 Å². The second-order valence-electron chi connectivity index (χ2n) is 5.89. The van der Waals surface area contributed by atoms with Crippen LogP contribution in [0.15, 0.2) is 48.5 Å². The van der Waals surface area contributed by atoms with E-state index >= 15 is 0 Å². The Morgan fingerprint density at radius 1 is 0.857 bits per heavy atom. The van der Waals surface area contributed by atoms with E-state index in [-0.39, 0.29) is 17.9 Å². The van der Waals surface area contributed by atoms with Crippen LogP contribution in [0.3, 0.4) is 0 Å². The number of amides is 2. The molecule has 7 nitrogen and oxygen atoms in total. The van der Waals surface area contributed by atoms with Gasteiger partial charge in [-0.3, -0.25) is 9.59 Å². The summed E-state index contributed by atoms with van der Waals surface area (Å²) < 4.78 is 4.96. The molecule has 0 bridgehead atoms. The van der Waals surface area contributed by atoms with Crippen LogP contribution in [-0.2, 0) is 14.3 Å². The van der Waals surface area contributed by atoms with Gasteiger partial charge in [-0.25, -0.2) is 4.79 Å². The maximum absolute atomic E-state index is 12.2. The Bertz CT molecular complexity index is 830. The number of carbonyl (C=O) groups excluding carboxylic acids is 3. The number of anilines is 3.